The summed E-state index contributed by atoms with van der Waals surface area (Å²) < 4.78 is 82.9. The summed E-state index contributed by atoms with van der Waals surface area (Å²) in [6.45, 7) is 4.27. The van der Waals surface area contributed by atoms with Crippen molar-refractivity contribution in [3.63, 3.8) is 0 Å². The van der Waals surface area contributed by atoms with Gasteiger partial charge in [0, 0.05) is 25.2 Å². The number of anilines is 1. The van der Waals surface area contributed by atoms with E-state index in [1.165, 1.54) is 35.7 Å². The zero-order valence-corrected chi connectivity index (χ0v) is 39.3. The molecule has 0 saturated heterocycles. The molecule has 0 saturated carbocycles. The average Bonchev–Trinajstić information content (AvgIpc) is 4.03. The standard InChI is InChI=1S/C46H50N10O9S2/c1-46(2,3)65-45(57)47-24-25-55(66(58)59)40-23-22-39(34-8-7-9-35(26-34)43-48-30-49-50-43)41(44-51-53-56(52-44)29-33-14-20-38(64-6)21-15-33)42(40)67(60,61)54(27-31-10-16-36(62-4)17-11-31)28-32-12-18-37(63-5)19-13-32/h7-23,26,30,66H,24-25,27-29H2,1-6H3,(H,47,57)(H,48,49,50). The van der Waals surface area contributed by atoms with Gasteiger partial charge in [0.25, 0.3) is 0 Å². The van der Waals surface area contributed by atoms with Gasteiger partial charge in [-0.2, -0.15) is 14.2 Å². The van der Waals surface area contributed by atoms with E-state index in [0.717, 1.165) is 9.87 Å². The van der Waals surface area contributed by atoms with E-state index >= 15 is 8.42 Å². The number of aromatic nitrogens is 7. The van der Waals surface area contributed by atoms with Gasteiger partial charge < -0.3 is 24.3 Å². The van der Waals surface area contributed by atoms with E-state index in [2.05, 4.69) is 30.8 Å². The third-order valence-electron chi connectivity index (χ3n) is 10.2. The van der Waals surface area contributed by atoms with Crippen molar-refractivity contribution in [2.45, 2.75) is 50.9 Å². The summed E-state index contributed by atoms with van der Waals surface area (Å²) in [5.74, 6) is 2.05. The van der Waals surface area contributed by atoms with Crippen molar-refractivity contribution in [3.8, 4) is 51.2 Å². The number of tetrazole rings is 1. The van der Waals surface area contributed by atoms with Gasteiger partial charge in [0.2, 0.25) is 26.7 Å². The smallest absolute Gasteiger partial charge is 0.407 e. The maximum atomic E-state index is 16.1. The highest BCUT2D eigenvalue weighted by molar-refractivity contribution is 7.89. The van der Waals surface area contributed by atoms with Crippen LogP contribution in [0.25, 0.3) is 33.9 Å². The average molecular weight is 951 g/mol. The van der Waals surface area contributed by atoms with Crippen LogP contribution in [0.15, 0.2) is 120 Å². The molecule has 7 rings (SSSR count). The highest BCUT2D eigenvalue weighted by Crippen LogP contribution is 2.44. The Morgan fingerprint density at radius 1 is 0.776 bits per heavy atom. The Morgan fingerprint density at radius 2 is 1.36 bits per heavy atom. The number of aromatic amines is 1. The predicted octanol–water partition coefficient (Wildman–Crippen LogP) is 6.11. The zero-order chi connectivity index (χ0) is 47.7. The molecule has 1 amide bonds. The first kappa shape index (κ1) is 47.6. The van der Waals surface area contributed by atoms with Crippen molar-refractivity contribution in [1.29, 1.82) is 0 Å². The second-order valence-corrected chi connectivity index (χ2v) is 18.8. The molecule has 0 spiro atoms. The van der Waals surface area contributed by atoms with E-state index in [4.69, 9.17) is 24.0 Å². The summed E-state index contributed by atoms with van der Waals surface area (Å²) in [6.07, 6.45) is 0.653. The largest absolute Gasteiger partial charge is 0.497 e. The Bertz CT molecular complexity index is 2920. The minimum Gasteiger partial charge on any atom is -0.497 e. The third-order valence-corrected chi connectivity index (χ3v) is 12.9. The molecule has 0 fully saturated rings. The number of benzene rings is 5. The zero-order valence-electron chi connectivity index (χ0n) is 37.6. The topological polar surface area (TPSA) is 226 Å². The van der Waals surface area contributed by atoms with E-state index in [1.54, 1.807) is 119 Å². The summed E-state index contributed by atoms with van der Waals surface area (Å²) in [7, 11) is -3.76. The van der Waals surface area contributed by atoms with Crippen LogP contribution in [0.2, 0.25) is 0 Å². The highest BCUT2D eigenvalue weighted by Gasteiger charge is 2.36. The molecule has 0 aliphatic heterocycles. The number of amides is 1. The molecule has 0 aliphatic rings. The van der Waals surface area contributed by atoms with Gasteiger partial charge in [-0.05, 0) is 102 Å². The molecule has 0 aliphatic carbocycles. The van der Waals surface area contributed by atoms with Crippen molar-refractivity contribution in [3.05, 3.63) is 132 Å². The fraction of sp³-hybridized carbons (Fsp3) is 0.261. The van der Waals surface area contributed by atoms with Crippen molar-refractivity contribution in [1.82, 2.24) is 45.0 Å². The molecule has 350 valence electrons. The molecule has 0 atom stereocenters. The van der Waals surface area contributed by atoms with Gasteiger partial charge >= 0.3 is 6.09 Å². The van der Waals surface area contributed by atoms with Crippen molar-refractivity contribution in [2.24, 2.45) is 0 Å². The summed E-state index contributed by atoms with van der Waals surface area (Å²) >= 11 is 0. The summed E-state index contributed by atoms with van der Waals surface area (Å²) in [6, 6.07) is 31.3. The first-order valence-electron chi connectivity index (χ1n) is 20.8. The third kappa shape index (κ3) is 11.7. The Balaban J connectivity index is 1.47. The number of sulfonamides is 1. The molecule has 0 unspecified atom stereocenters. The molecule has 0 radical (unpaired) electrons. The van der Waals surface area contributed by atoms with Crippen LogP contribution < -0.4 is 23.8 Å². The molecule has 2 N–H and O–H groups in total. The Morgan fingerprint density at radius 3 is 1.90 bits per heavy atom. The Hall–Kier alpha value is -7.36. The predicted molar refractivity (Wildman–Crippen MR) is 250 cm³/mol. The lowest BCUT2D eigenvalue weighted by Crippen LogP contribution is -2.38. The van der Waals surface area contributed by atoms with Gasteiger partial charge in [-0.1, -0.05) is 60.7 Å². The van der Waals surface area contributed by atoms with E-state index in [0.29, 0.717) is 50.9 Å². The lowest BCUT2D eigenvalue weighted by atomic mass is 9.96. The molecule has 19 nitrogen and oxygen atoms in total. The number of thiol groups is 1. The maximum absolute atomic E-state index is 16.1. The maximum Gasteiger partial charge on any atom is 0.407 e. The van der Waals surface area contributed by atoms with E-state index in [9.17, 15) is 13.2 Å². The van der Waals surface area contributed by atoms with Crippen LogP contribution in [-0.2, 0) is 45.3 Å². The first-order chi connectivity index (χ1) is 32.1. The first-order valence-corrected chi connectivity index (χ1v) is 23.4. The summed E-state index contributed by atoms with van der Waals surface area (Å²) in [5, 5.41) is 23.1. The van der Waals surface area contributed by atoms with Crippen LogP contribution in [0.3, 0.4) is 0 Å². The molecular weight excluding hydrogens is 901 g/mol. The van der Waals surface area contributed by atoms with Gasteiger partial charge in [0.15, 0.2) is 5.82 Å². The number of nitrogens with one attached hydrogen (secondary N) is 2. The molecule has 7 aromatic rings. The number of carbonyl (C=O) groups is 1. The van der Waals surface area contributed by atoms with Crippen LogP contribution in [0.4, 0.5) is 10.5 Å². The number of alkyl carbamates (subject to hydrolysis) is 1. The highest BCUT2D eigenvalue weighted by atomic mass is 32.2. The number of hydrogen-bond donors (Lipinski definition) is 3. The van der Waals surface area contributed by atoms with Gasteiger partial charge in [0.05, 0.1) is 45.7 Å². The summed E-state index contributed by atoms with van der Waals surface area (Å²) in [5.41, 5.74) is 2.34. The van der Waals surface area contributed by atoms with Gasteiger partial charge in [-0.3, -0.25) is 9.40 Å². The normalized spacial score (nSPS) is 11.7. The van der Waals surface area contributed by atoms with Gasteiger partial charge in [-0.15, -0.1) is 10.2 Å². The van der Waals surface area contributed by atoms with E-state index < -0.39 is 37.5 Å². The minimum absolute atomic E-state index is 0.0398. The molecule has 2 aromatic heterocycles. The second kappa shape index (κ2) is 20.9. The number of nitrogens with zero attached hydrogens (tertiary/aromatic N) is 8. The number of methoxy groups -OCH3 is 3. The number of hydrogen-bond acceptors (Lipinski definition) is 14. The van der Waals surface area contributed by atoms with Crippen LogP contribution in [0.5, 0.6) is 17.2 Å². The lowest BCUT2D eigenvalue weighted by Gasteiger charge is -2.29. The Kier molecular flexibility index (Phi) is 14.8. The molecule has 0 bridgehead atoms. The second-order valence-electron chi connectivity index (χ2n) is 16.0. The quantitative estimate of drug-likeness (QED) is 0.0778. The molecular formula is C46H50N10O9S2. The molecule has 2 heterocycles. The number of rotatable bonds is 19. The number of ether oxygens (including phenoxy) is 4. The monoisotopic (exact) mass is 950 g/mol. The van der Waals surface area contributed by atoms with Crippen LogP contribution in [-0.4, -0.2) is 103 Å². The minimum atomic E-state index is -4.83. The van der Waals surface area contributed by atoms with Gasteiger partial charge in [0.1, 0.15) is 34.1 Å². The number of carbonyl (C=O) groups excluding carboxylic acids is 1. The SMILES string of the molecule is COc1ccc(CN(Cc2ccc(OC)cc2)S(=O)(=O)c2c(N(CCNC(=O)OC(C)(C)C)[SH](=O)=O)ccc(-c3cccc(-c4nc[nH]n4)c3)c2-c2nnn(Cc3ccc(OC)cc3)n2)cc1. The van der Waals surface area contributed by atoms with Gasteiger partial charge in [-0.25, -0.2) is 26.6 Å². The fourth-order valence-electron chi connectivity index (χ4n) is 7.07. The van der Waals surface area contributed by atoms with Crippen molar-refractivity contribution in [2.75, 3.05) is 38.7 Å². The molecule has 21 heteroatoms. The Labute approximate surface area is 389 Å². The van der Waals surface area contributed by atoms with E-state index in [-0.39, 0.29) is 49.8 Å². The summed E-state index contributed by atoms with van der Waals surface area (Å²) in [4.78, 5) is 17.9. The van der Waals surface area contributed by atoms with E-state index in [1.807, 2.05) is 12.1 Å². The van der Waals surface area contributed by atoms with Crippen LogP contribution in [0.1, 0.15) is 37.5 Å². The van der Waals surface area contributed by atoms with Crippen LogP contribution in [0, 0.1) is 0 Å². The van der Waals surface area contributed by atoms with Crippen molar-refractivity contribution >= 4 is 32.7 Å². The fourth-order valence-corrected chi connectivity index (χ4v) is 9.54. The van der Waals surface area contributed by atoms with Crippen molar-refractivity contribution < 1.29 is 40.6 Å². The molecule has 5 aromatic carbocycles. The lowest BCUT2D eigenvalue weighted by molar-refractivity contribution is 0.0529. The number of H-pyrrole nitrogens is 1. The molecule has 67 heavy (non-hydrogen) atoms. The van der Waals surface area contributed by atoms with Crippen LogP contribution >= 0.6 is 0 Å².